The molecule has 0 spiro atoms. The second-order valence-electron chi connectivity index (χ2n) is 6.90. The van der Waals surface area contributed by atoms with E-state index in [1.807, 2.05) is 13.0 Å². The van der Waals surface area contributed by atoms with Crippen LogP contribution >= 0.6 is 0 Å². The van der Waals surface area contributed by atoms with Gasteiger partial charge in [-0.05, 0) is 49.3 Å². The third-order valence-electron chi connectivity index (χ3n) is 4.95. The first-order valence-corrected chi connectivity index (χ1v) is 8.90. The molecule has 6 nitrogen and oxygen atoms in total. The highest BCUT2D eigenvalue weighted by Gasteiger charge is 2.25. The molecule has 134 valence electrons. The standard InChI is InChI=1S/C20H20N2O4/c1-3-12-5-7-17-14(9-12)16(23)10-18(25-17)19(24)21-20-13-8-11(2)4-6-15(13)22-26-20/h5,7,9-11H,3-4,6,8H2,1-2H3,(H,21,24)/t11-/m1/s1. The molecule has 1 aliphatic carbocycles. The predicted molar refractivity (Wildman–Crippen MR) is 97.5 cm³/mol. The van der Waals surface area contributed by atoms with E-state index in [0.717, 1.165) is 42.5 Å². The van der Waals surface area contributed by atoms with Crippen LogP contribution in [0.4, 0.5) is 5.88 Å². The van der Waals surface area contributed by atoms with Crippen LogP contribution in [0.5, 0.6) is 0 Å². The molecule has 1 aliphatic rings. The van der Waals surface area contributed by atoms with Gasteiger partial charge in [0.25, 0.3) is 5.91 Å². The van der Waals surface area contributed by atoms with E-state index in [0.29, 0.717) is 22.8 Å². The van der Waals surface area contributed by atoms with E-state index in [1.165, 1.54) is 6.07 Å². The van der Waals surface area contributed by atoms with E-state index < -0.39 is 5.91 Å². The molecule has 6 heteroatoms. The van der Waals surface area contributed by atoms with Gasteiger partial charge in [-0.25, -0.2) is 0 Å². The number of nitrogens with one attached hydrogen (secondary N) is 1. The number of anilines is 1. The normalized spacial score (nSPS) is 16.5. The molecule has 26 heavy (non-hydrogen) atoms. The zero-order chi connectivity index (χ0) is 18.3. The van der Waals surface area contributed by atoms with Crippen molar-refractivity contribution in [1.29, 1.82) is 0 Å². The van der Waals surface area contributed by atoms with Gasteiger partial charge in [-0.3, -0.25) is 14.9 Å². The van der Waals surface area contributed by atoms with Crippen molar-refractivity contribution in [3.63, 3.8) is 0 Å². The summed E-state index contributed by atoms with van der Waals surface area (Å²) in [4.78, 5) is 24.9. The van der Waals surface area contributed by atoms with Crippen LogP contribution in [-0.2, 0) is 19.3 Å². The lowest BCUT2D eigenvalue weighted by molar-refractivity contribution is 0.0994. The number of benzene rings is 1. The Morgan fingerprint density at radius 1 is 1.35 bits per heavy atom. The maximum Gasteiger partial charge on any atom is 0.293 e. The third-order valence-corrected chi connectivity index (χ3v) is 4.95. The summed E-state index contributed by atoms with van der Waals surface area (Å²) in [7, 11) is 0. The Balaban J connectivity index is 1.65. The number of hydrogen-bond acceptors (Lipinski definition) is 5. The molecule has 0 saturated heterocycles. The van der Waals surface area contributed by atoms with Gasteiger partial charge in [-0.1, -0.05) is 25.1 Å². The molecule has 4 rings (SSSR count). The molecule has 2 heterocycles. The molecule has 0 radical (unpaired) electrons. The quantitative estimate of drug-likeness (QED) is 0.776. The van der Waals surface area contributed by atoms with E-state index in [2.05, 4.69) is 17.4 Å². The number of hydrogen-bond donors (Lipinski definition) is 1. The Labute approximate surface area is 150 Å². The fourth-order valence-corrected chi connectivity index (χ4v) is 3.38. The summed E-state index contributed by atoms with van der Waals surface area (Å²) in [6, 6.07) is 6.64. The molecular weight excluding hydrogens is 332 g/mol. The average molecular weight is 352 g/mol. The number of amides is 1. The van der Waals surface area contributed by atoms with Crippen LogP contribution in [0.2, 0.25) is 0 Å². The number of rotatable bonds is 3. The Morgan fingerprint density at radius 2 is 2.19 bits per heavy atom. The van der Waals surface area contributed by atoms with E-state index in [4.69, 9.17) is 8.94 Å². The smallest absolute Gasteiger partial charge is 0.293 e. The van der Waals surface area contributed by atoms with E-state index in [9.17, 15) is 9.59 Å². The minimum absolute atomic E-state index is 0.0410. The SMILES string of the molecule is CCc1ccc2oc(C(=O)Nc3onc4c3C[C@H](C)CC4)cc(=O)c2c1. The lowest BCUT2D eigenvalue weighted by Gasteiger charge is -2.16. The lowest BCUT2D eigenvalue weighted by atomic mass is 9.89. The third kappa shape index (κ3) is 2.92. The summed E-state index contributed by atoms with van der Waals surface area (Å²) in [5.41, 5.74) is 3.04. The van der Waals surface area contributed by atoms with Crippen molar-refractivity contribution in [3.05, 3.63) is 57.1 Å². The summed E-state index contributed by atoms with van der Waals surface area (Å²) in [6.07, 6.45) is 3.55. The number of carbonyl (C=O) groups is 1. The monoisotopic (exact) mass is 352 g/mol. The van der Waals surface area contributed by atoms with Gasteiger partial charge in [0.2, 0.25) is 5.88 Å². The summed E-state index contributed by atoms with van der Waals surface area (Å²) in [6.45, 7) is 4.18. The second-order valence-corrected chi connectivity index (χ2v) is 6.90. The highest BCUT2D eigenvalue weighted by molar-refractivity contribution is 6.02. The zero-order valence-corrected chi connectivity index (χ0v) is 14.8. The van der Waals surface area contributed by atoms with E-state index in [-0.39, 0.29) is 11.2 Å². The predicted octanol–water partition coefficient (Wildman–Crippen LogP) is 3.72. The Kier molecular flexibility index (Phi) is 4.11. The molecule has 1 N–H and O–H groups in total. The van der Waals surface area contributed by atoms with Crippen LogP contribution in [0.3, 0.4) is 0 Å². The molecule has 0 saturated carbocycles. The fraction of sp³-hybridized carbons (Fsp3) is 0.350. The lowest BCUT2D eigenvalue weighted by Crippen LogP contribution is -2.17. The molecular formula is C20H20N2O4. The molecule has 3 aromatic rings. The van der Waals surface area contributed by atoms with Crippen LogP contribution < -0.4 is 10.7 Å². The molecule has 0 bridgehead atoms. The molecule has 0 fully saturated rings. The first-order valence-electron chi connectivity index (χ1n) is 8.90. The zero-order valence-electron chi connectivity index (χ0n) is 14.8. The number of aryl methyl sites for hydroxylation is 2. The molecule has 1 aromatic carbocycles. The van der Waals surface area contributed by atoms with Gasteiger partial charge in [0.1, 0.15) is 5.58 Å². The van der Waals surface area contributed by atoms with E-state index in [1.54, 1.807) is 12.1 Å². The van der Waals surface area contributed by atoms with Gasteiger partial charge in [-0.15, -0.1) is 0 Å². The van der Waals surface area contributed by atoms with Crippen molar-refractivity contribution in [2.45, 2.75) is 39.5 Å². The van der Waals surface area contributed by atoms with Crippen LogP contribution in [0, 0.1) is 5.92 Å². The van der Waals surface area contributed by atoms with Crippen molar-refractivity contribution in [1.82, 2.24) is 5.16 Å². The minimum atomic E-state index is -0.513. The van der Waals surface area contributed by atoms with Crippen molar-refractivity contribution < 1.29 is 13.7 Å². The highest BCUT2D eigenvalue weighted by atomic mass is 16.5. The average Bonchev–Trinajstić information content (AvgIpc) is 3.03. The van der Waals surface area contributed by atoms with Crippen molar-refractivity contribution in [2.75, 3.05) is 5.32 Å². The van der Waals surface area contributed by atoms with Gasteiger partial charge in [0.05, 0.1) is 11.1 Å². The molecule has 0 aliphatic heterocycles. The molecule has 1 amide bonds. The Bertz CT molecular complexity index is 1050. The molecule has 2 aromatic heterocycles. The second kappa shape index (κ2) is 6.44. The summed E-state index contributed by atoms with van der Waals surface area (Å²) in [5, 5.41) is 7.22. The summed E-state index contributed by atoms with van der Waals surface area (Å²) < 4.78 is 10.9. The number of nitrogens with zero attached hydrogens (tertiary/aromatic N) is 1. The fourth-order valence-electron chi connectivity index (χ4n) is 3.38. The summed E-state index contributed by atoms with van der Waals surface area (Å²) >= 11 is 0. The van der Waals surface area contributed by atoms with Crippen molar-refractivity contribution in [2.24, 2.45) is 5.92 Å². The number of aromatic nitrogens is 1. The molecule has 0 unspecified atom stereocenters. The Hall–Kier alpha value is -2.89. The van der Waals surface area contributed by atoms with Crippen molar-refractivity contribution >= 4 is 22.8 Å². The first-order chi connectivity index (χ1) is 12.5. The van der Waals surface area contributed by atoms with Crippen LogP contribution in [0.25, 0.3) is 11.0 Å². The van der Waals surface area contributed by atoms with Gasteiger partial charge in [0.15, 0.2) is 11.2 Å². The minimum Gasteiger partial charge on any atom is -0.451 e. The van der Waals surface area contributed by atoms with Gasteiger partial charge in [-0.2, -0.15) is 0 Å². The van der Waals surface area contributed by atoms with Crippen LogP contribution in [0.1, 0.15) is 47.6 Å². The maximum atomic E-state index is 12.6. The van der Waals surface area contributed by atoms with Crippen LogP contribution in [-0.4, -0.2) is 11.1 Å². The number of fused-ring (bicyclic) bond motifs is 2. The highest BCUT2D eigenvalue weighted by Crippen LogP contribution is 2.30. The van der Waals surface area contributed by atoms with Crippen LogP contribution in [0.15, 0.2) is 38.0 Å². The molecule has 1 atom stereocenters. The van der Waals surface area contributed by atoms with Gasteiger partial charge < -0.3 is 8.94 Å². The maximum absolute atomic E-state index is 12.6. The number of carbonyl (C=O) groups excluding carboxylic acids is 1. The van der Waals surface area contributed by atoms with Crippen molar-refractivity contribution in [3.8, 4) is 0 Å². The Morgan fingerprint density at radius 3 is 3.00 bits per heavy atom. The first kappa shape index (κ1) is 16.6. The van der Waals surface area contributed by atoms with Gasteiger partial charge in [0, 0.05) is 11.6 Å². The van der Waals surface area contributed by atoms with Gasteiger partial charge >= 0.3 is 0 Å². The largest absolute Gasteiger partial charge is 0.451 e. The topological polar surface area (TPSA) is 85.3 Å². The summed E-state index contributed by atoms with van der Waals surface area (Å²) in [5.74, 6) is 0.311. The van der Waals surface area contributed by atoms with E-state index >= 15 is 0 Å².